The third-order valence-electron chi connectivity index (χ3n) is 4.38. The van der Waals surface area contributed by atoms with Crippen LogP contribution in [0.5, 0.6) is 5.75 Å². The zero-order valence-corrected chi connectivity index (χ0v) is 19.1. The van der Waals surface area contributed by atoms with E-state index in [4.69, 9.17) is 19.2 Å². The number of hydrogen-bond acceptors (Lipinski definition) is 4. The zero-order valence-electron chi connectivity index (χ0n) is 16.8. The molecule has 0 spiro atoms. The lowest BCUT2D eigenvalue weighted by Crippen LogP contribution is -2.38. The molecule has 0 unspecified atom stereocenters. The second kappa shape index (κ2) is 14.0. The Morgan fingerprint density at radius 3 is 2.74 bits per heavy atom. The molecule has 1 aliphatic heterocycles. The summed E-state index contributed by atoms with van der Waals surface area (Å²) in [7, 11) is 3.75. The number of guanidine groups is 1. The fourth-order valence-electron chi connectivity index (χ4n) is 2.98. The molecule has 1 heterocycles. The smallest absolute Gasteiger partial charge is 0.193 e. The fourth-order valence-corrected chi connectivity index (χ4v) is 2.98. The molecule has 7 heteroatoms. The summed E-state index contributed by atoms with van der Waals surface area (Å²) in [5.74, 6) is 1.81. The highest BCUT2D eigenvalue weighted by molar-refractivity contribution is 14.0. The lowest BCUT2D eigenvalue weighted by molar-refractivity contribution is -0.0318. The van der Waals surface area contributed by atoms with Gasteiger partial charge in [0.1, 0.15) is 5.75 Å². The van der Waals surface area contributed by atoms with E-state index < -0.39 is 0 Å². The topological polar surface area (TPSA) is 55.3 Å². The van der Waals surface area contributed by atoms with Crippen LogP contribution in [0.4, 0.5) is 0 Å². The highest BCUT2D eigenvalue weighted by atomic mass is 127. The number of halogens is 1. The van der Waals surface area contributed by atoms with Crippen molar-refractivity contribution < 1.29 is 14.2 Å². The van der Waals surface area contributed by atoms with Gasteiger partial charge in [0.25, 0.3) is 0 Å². The molecule has 2 rings (SSSR count). The van der Waals surface area contributed by atoms with Crippen molar-refractivity contribution in [2.75, 3.05) is 47.1 Å². The van der Waals surface area contributed by atoms with Crippen LogP contribution in [-0.4, -0.2) is 64.0 Å². The Hall–Kier alpha value is -1.06. The molecule has 1 N–H and O–H groups in total. The van der Waals surface area contributed by atoms with E-state index in [0.717, 1.165) is 76.0 Å². The second-order valence-corrected chi connectivity index (χ2v) is 6.44. The Balaban J connectivity index is 0.00000364. The molecule has 1 fully saturated rings. The van der Waals surface area contributed by atoms with Crippen LogP contribution in [0.15, 0.2) is 29.3 Å². The number of aliphatic imine (C=N–C) groups is 1. The standard InChI is InChI=1S/C20H33N3O3.HI/c1-4-21-20(22-12-7-13-26-18-10-14-25-15-11-18)23(2)16-17-8-5-6-9-19(17)24-3;/h5-6,8-9,18H,4,7,10-16H2,1-3H3,(H,21,22);1H. The van der Waals surface area contributed by atoms with Crippen molar-refractivity contribution in [1.29, 1.82) is 0 Å². The molecule has 6 nitrogen and oxygen atoms in total. The number of benzene rings is 1. The van der Waals surface area contributed by atoms with Crippen molar-refractivity contribution in [3.8, 4) is 5.75 Å². The molecular weight excluding hydrogens is 457 g/mol. The zero-order chi connectivity index (χ0) is 18.6. The first-order valence-corrected chi connectivity index (χ1v) is 9.55. The van der Waals surface area contributed by atoms with Gasteiger partial charge in [-0.15, -0.1) is 24.0 Å². The van der Waals surface area contributed by atoms with Crippen LogP contribution < -0.4 is 10.1 Å². The Morgan fingerprint density at radius 1 is 1.30 bits per heavy atom. The van der Waals surface area contributed by atoms with E-state index >= 15 is 0 Å². The molecule has 0 bridgehead atoms. The maximum Gasteiger partial charge on any atom is 0.193 e. The summed E-state index contributed by atoms with van der Waals surface area (Å²) < 4.78 is 16.7. The van der Waals surface area contributed by atoms with Crippen molar-refractivity contribution in [3.63, 3.8) is 0 Å². The van der Waals surface area contributed by atoms with Gasteiger partial charge in [-0.3, -0.25) is 4.99 Å². The molecule has 0 aliphatic carbocycles. The predicted molar refractivity (Wildman–Crippen MR) is 120 cm³/mol. The highest BCUT2D eigenvalue weighted by Gasteiger charge is 2.13. The van der Waals surface area contributed by atoms with Crippen LogP contribution in [0.25, 0.3) is 0 Å². The third kappa shape index (κ3) is 8.66. The third-order valence-corrected chi connectivity index (χ3v) is 4.38. The number of nitrogens with one attached hydrogen (secondary N) is 1. The van der Waals surface area contributed by atoms with Crippen LogP contribution >= 0.6 is 24.0 Å². The van der Waals surface area contributed by atoms with Crippen molar-refractivity contribution in [1.82, 2.24) is 10.2 Å². The lowest BCUT2D eigenvalue weighted by Gasteiger charge is -2.23. The first-order valence-electron chi connectivity index (χ1n) is 9.55. The van der Waals surface area contributed by atoms with Gasteiger partial charge in [0, 0.05) is 52.1 Å². The minimum absolute atomic E-state index is 0. The Labute approximate surface area is 180 Å². The van der Waals surface area contributed by atoms with E-state index in [1.807, 2.05) is 25.2 Å². The number of rotatable bonds is 9. The summed E-state index contributed by atoms with van der Waals surface area (Å²) in [6.07, 6.45) is 3.30. The van der Waals surface area contributed by atoms with Gasteiger partial charge < -0.3 is 24.4 Å². The maximum atomic E-state index is 5.91. The van der Waals surface area contributed by atoms with E-state index in [1.165, 1.54) is 0 Å². The number of para-hydroxylation sites is 1. The van der Waals surface area contributed by atoms with Gasteiger partial charge in [-0.25, -0.2) is 0 Å². The van der Waals surface area contributed by atoms with Gasteiger partial charge in [0.2, 0.25) is 0 Å². The largest absolute Gasteiger partial charge is 0.496 e. The van der Waals surface area contributed by atoms with Crippen molar-refractivity contribution in [2.45, 2.75) is 38.8 Å². The minimum atomic E-state index is 0. The average molecular weight is 491 g/mol. The van der Waals surface area contributed by atoms with E-state index in [1.54, 1.807) is 7.11 Å². The summed E-state index contributed by atoms with van der Waals surface area (Å²) in [5, 5.41) is 3.36. The molecule has 1 aromatic rings. The van der Waals surface area contributed by atoms with Crippen LogP contribution in [0.3, 0.4) is 0 Å². The molecule has 154 valence electrons. The summed E-state index contributed by atoms with van der Waals surface area (Å²) in [6, 6.07) is 8.09. The molecule has 0 amide bonds. The van der Waals surface area contributed by atoms with Crippen LogP contribution in [0.1, 0.15) is 31.7 Å². The Kier molecular flexibility index (Phi) is 12.4. The molecule has 27 heavy (non-hydrogen) atoms. The van der Waals surface area contributed by atoms with E-state index in [9.17, 15) is 0 Å². The van der Waals surface area contributed by atoms with Crippen LogP contribution in [-0.2, 0) is 16.0 Å². The number of ether oxygens (including phenoxy) is 3. The predicted octanol–water partition coefficient (Wildman–Crippen LogP) is 3.30. The fraction of sp³-hybridized carbons (Fsp3) is 0.650. The van der Waals surface area contributed by atoms with Gasteiger partial charge in [0.05, 0.1) is 13.2 Å². The number of methoxy groups -OCH3 is 1. The first-order chi connectivity index (χ1) is 12.7. The average Bonchev–Trinajstić information content (AvgIpc) is 2.68. The molecule has 0 atom stereocenters. The minimum Gasteiger partial charge on any atom is -0.496 e. The van der Waals surface area contributed by atoms with Crippen molar-refractivity contribution in [2.24, 2.45) is 4.99 Å². The SMILES string of the molecule is CCNC(=NCCCOC1CCOCC1)N(C)Cc1ccccc1OC.I. The summed E-state index contributed by atoms with van der Waals surface area (Å²) in [5.41, 5.74) is 1.14. The molecule has 1 aliphatic rings. The monoisotopic (exact) mass is 491 g/mol. The first kappa shape index (κ1) is 24.0. The molecule has 0 radical (unpaired) electrons. The van der Waals surface area contributed by atoms with Crippen LogP contribution in [0.2, 0.25) is 0 Å². The lowest BCUT2D eigenvalue weighted by atomic mass is 10.1. The maximum absolute atomic E-state index is 5.91. The van der Waals surface area contributed by atoms with Gasteiger partial charge in [0.15, 0.2) is 5.96 Å². The molecule has 1 saturated heterocycles. The summed E-state index contributed by atoms with van der Waals surface area (Å²) in [6.45, 7) is 6.82. The Bertz CT molecular complexity index is 551. The molecule has 0 saturated carbocycles. The Morgan fingerprint density at radius 2 is 2.04 bits per heavy atom. The summed E-state index contributed by atoms with van der Waals surface area (Å²) in [4.78, 5) is 6.86. The van der Waals surface area contributed by atoms with E-state index in [-0.39, 0.29) is 24.0 Å². The second-order valence-electron chi connectivity index (χ2n) is 6.44. The molecule has 0 aromatic heterocycles. The summed E-state index contributed by atoms with van der Waals surface area (Å²) >= 11 is 0. The van der Waals surface area contributed by atoms with Gasteiger partial charge >= 0.3 is 0 Å². The van der Waals surface area contributed by atoms with E-state index in [0.29, 0.717) is 6.10 Å². The quantitative estimate of drug-likeness (QED) is 0.249. The van der Waals surface area contributed by atoms with Gasteiger partial charge in [-0.2, -0.15) is 0 Å². The van der Waals surface area contributed by atoms with Gasteiger partial charge in [-0.1, -0.05) is 18.2 Å². The van der Waals surface area contributed by atoms with Crippen LogP contribution in [0, 0.1) is 0 Å². The van der Waals surface area contributed by atoms with Crippen molar-refractivity contribution >= 4 is 29.9 Å². The number of nitrogens with zero attached hydrogens (tertiary/aromatic N) is 2. The molecular formula is C20H34IN3O3. The van der Waals surface area contributed by atoms with Gasteiger partial charge in [-0.05, 0) is 32.3 Å². The van der Waals surface area contributed by atoms with E-state index in [2.05, 4.69) is 23.2 Å². The number of hydrogen-bond donors (Lipinski definition) is 1. The highest BCUT2D eigenvalue weighted by Crippen LogP contribution is 2.18. The van der Waals surface area contributed by atoms with Crippen molar-refractivity contribution in [3.05, 3.63) is 29.8 Å². The molecule has 1 aromatic carbocycles. The normalized spacial score (nSPS) is 15.1.